The van der Waals surface area contributed by atoms with Gasteiger partial charge in [0.15, 0.2) is 11.5 Å². The topological polar surface area (TPSA) is 18.5 Å². The zero-order valence-electron chi connectivity index (χ0n) is 7.10. The van der Waals surface area contributed by atoms with Crippen LogP contribution in [0.3, 0.4) is 0 Å². The molecule has 0 aliphatic carbocycles. The van der Waals surface area contributed by atoms with Crippen LogP contribution >= 0.6 is 0 Å². The monoisotopic (exact) mass is 204 g/mol. The van der Waals surface area contributed by atoms with Crippen molar-refractivity contribution in [3.8, 4) is 11.5 Å². The maximum atomic E-state index is 11.9. The first-order chi connectivity index (χ1) is 6.56. The molecule has 0 fully saturated rings. The molecule has 5 heteroatoms. The van der Waals surface area contributed by atoms with E-state index in [1.165, 1.54) is 12.1 Å². The molecule has 0 aromatic heterocycles. The van der Waals surface area contributed by atoms with Gasteiger partial charge in [0.05, 0.1) is 6.61 Å². The summed E-state index contributed by atoms with van der Waals surface area (Å²) >= 11 is 0. The number of ether oxygens (including phenoxy) is 2. The minimum atomic E-state index is -4.67. The van der Waals surface area contributed by atoms with Gasteiger partial charge in [-0.25, -0.2) is 0 Å². The highest BCUT2D eigenvalue weighted by Gasteiger charge is 2.33. The van der Waals surface area contributed by atoms with Crippen molar-refractivity contribution in [2.45, 2.75) is 12.8 Å². The van der Waals surface area contributed by atoms with Gasteiger partial charge in [0, 0.05) is 12.0 Å². The molecule has 0 spiro atoms. The molecule has 0 amide bonds. The van der Waals surface area contributed by atoms with Gasteiger partial charge < -0.3 is 9.47 Å². The van der Waals surface area contributed by atoms with Crippen molar-refractivity contribution in [2.75, 3.05) is 6.61 Å². The molecular formula is C9H7F3O2. The summed E-state index contributed by atoms with van der Waals surface area (Å²) in [4.78, 5) is 0. The Morgan fingerprint density at radius 3 is 2.79 bits per heavy atom. The molecule has 0 saturated carbocycles. The van der Waals surface area contributed by atoms with Crippen molar-refractivity contribution >= 4 is 0 Å². The number of fused-ring (bicyclic) bond motifs is 1. The highest BCUT2D eigenvalue weighted by Crippen LogP contribution is 2.37. The summed E-state index contributed by atoms with van der Waals surface area (Å²) in [5, 5.41) is 0. The number of alkyl halides is 3. The van der Waals surface area contributed by atoms with Gasteiger partial charge in [-0.3, -0.25) is 0 Å². The van der Waals surface area contributed by atoms with Gasteiger partial charge in [0.25, 0.3) is 0 Å². The van der Waals surface area contributed by atoms with E-state index in [0.29, 0.717) is 13.0 Å². The molecule has 0 radical (unpaired) electrons. The molecule has 1 aromatic carbocycles. The lowest BCUT2D eigenvalue weighted by Crippen LogP contribution is -2.17. The third kappa shape index (κ3) is 1.76. The predicted molar refractivity (Wildman–Crippen MR) is 42.3 cm³/mol. The normalized spacial score (nSPS) is 14.8. The first kappa shape index (κ1) is 9.18. The largest absolute Gasteiger partial charge is 0.573 e. The fourth-order valence-corrected chi connectivity index (χ4v) is 1.39. The van der Waals surface area contributed by atoms with Crippen LogP contribution in [-0.2, 0) is 6.42 Å². The Balaban J connectivity index is 2.31. The van der Waals surface area contributed by atoms with Crippen LogP contribution in [0, 0.1) is 0 Å². The molecule has 1 aliphatic heterocycles. The summed E-state index contributed by atoms with van der Waals surface area (Å²) in [6, 6.07) is 4.50. The molecule has 0 unspecified atom stereocenters. The van der Waals surface area contributed by atoms with Gasteiger partial charge >= 0.3 is 6.36 Å². The third-order valence-electron chi connectivity index (χ3n) is 1.90. The van der Waals surface area contributed by atoms with Crippen LogP contribution < -0.4 is 9.47 Å². The summed E-state index contributed by atoms with van der Waals surface area (Å²) in [6.07, 6.45) is -4.04. The number of benzene rings is 1. The Kier molecular flexibility index (Phi) is 2.02. The van der Waals surface area contributed by atoms with Crippen molar-refractivity contribution < 1.29 is 22.6 Å². The second kappa shape index (κ2) is 3.08. The Morgan fingerprint density at radius 1 is 1.29 bits per heavy atom. The molecule has 2 rings (SSSR count). The second-order valence-corrected chi connectivity index (χ2v) is 2.89. The predicted octanol–water partition coefficient (Wildman–Crippen LogP) is 2.52. The van der Waals surface area contributed by atoms with E-state index >= 15 is 0 Å². The molecule has 0 atom stereocenters. The molecule has 14 heavy (non-hydrogen) atoms. The maximum absolute atomic E-state index is 11.9. The van der Waals surface area contributed by atoms with Crippen LogP contribution in [0.25, 0.3) is 0 Å². The molecular weight excluding hydrogens is 197 g/mol. The summed E-state index contributed by atoms with van der Waals surface area (Å²) in [5.74, 6) is -0.0441. The van der Waals surface area contributed by atoms with Crippen molar-refractivity contribution in [1.82, 2.24) is 0 Å². The Labute approximate surface area is 78.2 Å². The quantitative estimate of drug-likeness (QED) is 0.699. The highest BCUT2D eigenvalue weighted by atomic mass is 19.4. The molecule has 0 saturated heterocycles. The van der Waals surface area contributed by atoms with Crippen molar-refractivity contribution in [2.24, 2.45) is 0 Å². The van der Waals surface area contributed by atoms with Crippen LogP contribution in [0.1, 0.15) is 5.56 Å². The van der Waals surface area contributed by atoms with E-state index in [1.807, 2.05) is 0 Å². The fraction of sp³-hybridized carbons (Fsp3) is 0.333. The van der Waals surface area contributed by atoms with Gasteiger partial charge in [-0.1, -0.05) is 12.1 Å². The lowest BCUT2D eigenvalue weighted by Gasteiger charge is -2.11. The van der Waals surface area contributed by atoms with E-state index in [0.717, 1.165) is 5.56 Å². The first-order valence-electron chi connectivity index (χ1n) is 4.07. The summed E-state index contributed by atoms with van der Waals surface area (Å²) in [5.41, 5.74) is 0.756. The van der Waals surface area contributed by atoms with E-state index in [1.54, 1.807) is 6.07 Å². The molecule has 0 bridgehead atoms. The molecule has 1 heterocycles. The van der Waals surface area contributed by atoms with Crippen LogP contribution in [0.15, 0.2) is 18.2 Å². The van der Waals surface area contributed by atoms with E-state index < -0.39 is 6.36 Å². The van der Waals surface area contributed by atoms with Crippen LogP contribution in [-0.4, -0.2) is 13.0 Å². The maximum Gasteiger partial charge on any atom is 0.573 e. The Bertz CT molecular complexity index is 346. The van der Waals surface area contributed by atoms with E-state index in [4.69, 9.17) is 4.74 Å². The van der Waals surface area contributed by atoms with Crippen LogP contribution in [0.2, 0.25) is 0 Å². The standard InChI is InChI=1S/C9H7F3O2/c10-9(11,12)14-7-3-1-2-6-4-5-13-8(6)7/h1-3H,4-5H2. The van der Waals surface area contributed by atoms with E-state index in [-0.39, 0.29) is 11.5 Å². The first-order valence-corrected chi connectivity index (χ1v) is 4.07. The van der Waals surface area contributed by atoms with Gasteiger partial charge in [0.2, 0.25) is 0 Å². The number of halogens is 3. The average molecular weight is 204 g/mol. The molecule has 1 aromatic rings. The lowest BCUT2D eigenvalue weighted by molar-refractivity contribution is -0.275. The zero-order chi connectivity index (χ0) is 10.2. The van der Waals surface area contributed by atoms with Crippen molar-refractivity contribution in [3.63, 3.8) is 0 Å². The van der Waals surface area contributed by atoms with Gasteiger partial charge in [0.1, 0.15) is 0 Å². The second-order valence-electron chi connectivity index (χ2n) is 2.89. The molecule has 1 aliphatic rings. The fourth-order valence-electron chi connectivity index (χ4n) is 1.39. The Morgan fingerprint density at radius 2 is 2.07 bits per heavy atom. The lowest BCUT2D eigenvalue weighted by atomic mass is 10.1. The number of rotatable bonds is 1. The molecule has 76 valence electrons. The summed E-state index contributed by atoms with van der Waals surface area (Å²) in [7, 11) is 0. The highest BCUT2D eigenvalue weighted by molar-refractivity contribution is 5.48. The van der Waals surface area contributed by atoms with Crippen molar-refractivity contribution in [1.29, 1.82) is 0 Å². The minimum absolute atomic E-state index is 0.213. The smallest absolute Gasteiger partial charge is 0.489 e. The van der Waals surface area contributed by atoms with Crippen molar-refractivity contribution in [3.05, 3.63) is 23.8 Å². The summed E-state index contributed by atoms with van der Waals surface area (Å²) in [6.45, 7) is 0.410. The van der Waals surface area contributed by atoms with Gasteiger partial charge in [-0.2, -0.15) is 0 Å². The van der Waals surface area contributed by atoms with Crippen LogP contribution in [0.5, 0.6) is 11.5 Å². The Hall–Kier alpha value is -1.39. The summed E-state index contributed by atoms with van der Waals surface area (Å²) < 4.78 is 44.7. The van der Waals surface area contributed by atoms with Gasteiger partial charge in [-0.05, 0) is 6.07 Å². The minimum Gasteiger partial charge on any atom is -0.489 e. The molecule has 2 nitrogen and oxygen atoms in total. The SMILES string of the molecule is FC(F)(F)Oc1cccc2c1OCC2. The van der Waals surface area contributed by atoms with Crippen LogP contribution in [0.4, 0.5) is 13.2 Å². The van der Waals surface area contributed by atoms with E-state index in [2.05, 4.69) is 4.74 Å². The van der Waals surface area contributed by atoms with E-state index in [9.17, 15) is 13.2 Å². The number of hydrogen-bond donors (Lipinski definition) is 0. The third-order valence-corrected chi connectivity index (χ3v) is 1.90. The zero-order valence-corrected chi connectivity index (χ0v) is 7.10. The number of para-hydroxylation sites is 1. The number of hydrogen-bond acceptors (Lipinski definition) is 2. The average Bonchev–Trinajstić information content (AvgIpc) is 2.49. The van der Waals surface area contributed by atoms with Gasteiger partial charge in [-0.15, -0.1) is 13.2 Å². The molecule has 0 N–H and O–H groups in total.